The van der Waals surface area contributed by atoms with E-state index in [0.717, 1.165) is 0 Å². The molecule has 0 bridgehead atoms. The monoisotopic (exact) mass is 203 g/mol. The normalized spacial score (nSPS) is 39.9. The third-order valence-corrected chi connectivity index (χ3v) is 2.89. The van der Waals surface area contributed by atoms with Gasteiger partial charge >= 0.3 is 0 Å². The fraction of sp³-hybridized carbons (Fsp3) is 1.00. The Bertz CT molecular complexity index is 188. The second-order valence-corrected chi connectivity index (χ2v) is 5.10. The number of nitrogens with two attached hydrogens (primary N) is 1. The lowest BCUT2D eigenvalue weighted by Gasteiger charge is -2.45. The molecule has 4 nitrogen and oxygen atoms in total. The summed E-state index contributed by atoms with van der Waals surface area (Å²) < 4.78 is 5.41. The minimum absolute atomic E-state index is 0.0638. The van der Waals surface area contributed by atoms with Gasteiger partial charge in [0, 0.05) is 5.92 Å². The molecule has 4 atom stereocenters. The number of aliphatic hydroxyl groups excluding tert-OH is 2. The van der Waals surface area contributed by atoms with E-state index in [1.54, 1.807) is 0 Å². The molecule has 0 radical (unpaired) electrons. The van der Waals surface area contributed by atoms with Crippen molar-refractivity contribution in [1.82, 2.24) is 0 Å². The predicted octanol–water partition coefficient (Wildman–Crippen LogP) is -0.272. The molecule has 1 saturated heterocycles. The Labute approximate surface area is 85.1 Å². The summed E-state index contributed by atoms with van der Waals surface area (Å²) in [6.45, 7) is 6.31. The number of hydrogen-bond acceptors (Lipinski definition) is 4. The highest BCUT2D eigenvalue weighted by molar-refractivity contribution is 4.94. The van der Waals surface area contributed by atoms with Gasteiger partial charge in [0.2, 0.25) is 0 Å². The molecule has 4 heteroatoms. The summed E-state index contributed by atoms with van der Waals surface area (Å²) in [5, 5.41) is 19.1. The van der Waals surface area contributed by atoms with E-state index in [0.29, 0.717) is 6.61 Å². The summed E-state index contributed by atoms with van der Waals surface area (Å²) in [4.78, 5) is 0. The molecule has 0 aliphatic carbocycles. The molecule has 1 aliphatic rings. The maximum absolute atomic E-state index is 9.96. The van der Waals surface area contributed by atoms with Gasteiger partial charge in [-0.3, -0.25) is 0 Å². The van der Waals surface area contributed by atoms with Gasteiger partial charge in [-0.25, -0.2) is 0 Å². The van der Waals surface area contributed by atoms with Crippen LogP contribution < -0.4 is 5.73 Å². The number of aliphatic hydroxyl groups is 2. The molecule has 0 spiro atoms. The topological polar surface area (TPSA) is 75.7 Å². The molecular weight excluding hydrogens is 182 g/mol. The zero-order valence-corrected chi connectivity index (χ0v) is 9.10. The lowest BCUT2D eigenvalue weighted by atomic mass is 9.71. The maximum Gasteiger partial charge on any atom is 0.0864 e. The van der Waals surface area contributed by atoms with Crippen LogP contribution in [-0.2, 0) is 4.74 Å². The van der Waals surface area contributed by atoms with E-state index >= 15 is 0 Å². The van der Waals surface area contributed by atoms with Gasteiger partial charge < -0.3 is 20.7 Å². The van der Waals surface area contributed by atoms with Gasteiger partial charge in [0.15, 0.2) is 0 Å². The molecular formula is C10H21NO3. The van der Waals surface area contributed by atoms with Crippen LogP contribution in [0.1, 0.15) is 20.8 Å². The molecule has 0 aromatic heterocycles. The van der Waals surface area contributed by atoms with Crippen molar-refractivity contribution < 1.29 is 14.9 Å². The highest BCUT2D eigenvalue weighted by atomic mass is 16.5. The van der Waals surface area contributed by atoms with Crippen molar-refractivity contribution in [2.75, 3.05) is 13.2 Å². The second kappa shape index (κ2) is 4.14. The van der Waals surface area contributed by atoms with Crippen LogP contribution in [0.4, 0.5) is 0 Å². The number of ether oxygens (including phenoxy) is 1. The van der Waals surface area contributed by atoms with Crippen LogP contribution in [0.2, 0.25) is 0 Å². The van der Waals surface area contributed by atoms with E-state index in [9.17, 15) is 5.11 Å². The molecule has 1 rings (SSSR count). The molecule has 84 valence electrons. The van der Waals surface area contributed by atoms with Gasteiger partial charge in [0.25, 0.3) is 0 Å². The van der Waals surface area contributed by atoms with Gasteiger partial charge in [-0.2, -0.15) is 0 Å². The van der Waals surface area contributed by atoms with Crippen LogP contribution in [0.5, 0.6) is 0 Å². The molecule has 14 heavy (non-hydrogen) atoms. The molecule has 1 heterocycles. The van der Waals surface area contributed by atoms with Crippen LogP contribution in [-0.4, -0.2) is 41.7 Å². The van der Waals surface area contributed by atoms with Gasteiger partial charge in [0.05, 0.1) is 31.5 Å². The molecule has 4 unspecified atom stereocenters. The van der Waals surface area contributed by atoms with Gasteiger partial charge in [0.1, 0.15) is 0 Å². The van der Waals surface area contributed by atoms with Crippen molar-refractivity contribution in [3.05, 3.63) is 0 Å². The summed E-state index contributed by atoms with van der Waals surface area (Å²) in [5.74, 6) is -0.115. The number of rotatable bonds is 1. The van der Waals surface area contributed by atoms with Crippen molar-refractivity contribution in [2.45, 2.75) is 39.0 Å². The lowest BCUT2D eigenvalue weighted by Crippen LogP contribution is -2.57. The average Bonchev–Trinajstić information content (AvgIpc) is 2.07. The zero-order valence-electron chi connectivity index (χ0n) is 9.10. The largest absolute Gasteiger partial charge is 0.394 e. The van der Waals surface area contributed by atoms with Gasteiger partial charge in [-0.05, 0) is 5.41 Å². The Kier molecular flexibility index (Phi) is 3.53. The molecule has 1 fully saturated rings. The molecule has 0 aromatic rings. The summed E-state index contributed by atoms with van der Waals surface area (Å²) in [6.07, 6.45) is -0.898. The Morgan fingerprint density at radius 1 is 1.43 bits per heavy atom. The first kappa shape index (κ1) is 11.9. The van der Waals surface area contributed by atoms with Crippen LogP contribution in [0, 0.1) is 11.3 Å². The number of hydrogen-bond donors (Lipinski definition) is 3. The molecule has 1 aliphatic heterocycles. The molecule has 4 N–H and O–H groups in total. The quantitative estimate of drug-likeness (QED) is 0.548. The Morgan fingerprint density at radius 3 is 2.43 bits per heavy atom. The summed E-state index contributed by atoms with van der Waals surface area (Å²) in [7, 11) is 0. The van der Waals surface area contributed by atoms with E-state index in [1.807, 2.05) is 20.8 Å². The highest BCUT2D eigenvalue weighted by Gasteiger charge is 2.43. The molecule has 0 amide bonds. The minimum atomic E-state index is -0.596. The van der Waals surface area contributed by atoms with E-state index in [4.69, 9.17) is 15.6 Å². The van der Waals surface area contributed by atoms with Crippen molar-refractivity contribution in [1.29, 1.82) is 0 Å². The van der Waals surface area contributed by atoms with Crippen LogP contribution in [0.15, 0.2) is 0 Å². The average molecular weight is 203 g/mol. The Balaban J connectivity index is 2.82. The third kappa shape index (κ3) is 2.25. The first-order valence-electron chi connectivity index (χ1n) is 5.04. The SMILES string of the molecule is CC(C)(C)C1C(CO)OCC(N)C1O. The van der Waals surface area contributed by atoms with Gasteiger partial charge in [-0.15, -0.1) is 0 Å². The molecule has 0 aromatic carbocycles. The summed E-state index contributed by atoms with van der Waals surface area (Å²) >= 11 is 0. The summed E-state index contributed by atoms with van der Waals surface area (Å²) in [5.41, 5.74) is 5.61. The lowest BCUT2D eigenvalue weighted by molar-refractivity contribution is -0.150. The third-order valence-electron chi connectivity index (χ3n) is 2.89. The first-order valence-corrected chi connectivity index (χ1v) is 5.04. The smallest absolute Gasteiger partial charge is 0.0864 e. The maximum atomic E-state index is 9.96. The van der Waals surface area contributed by atoms with Crippen LogP contribution in [0.25, 0.3) is 0 Å². The Morgan fingerprint density at radius 2 is 2.00 bits per heavy atom. The highest BCUT2D eigenvalue weighted by Crippen LogP contribution is 2.36. The summed E-state index contributed by atoms with van der Waals surface area (Å²) in [6, 6.07) is -0.345. The van der Waals surface area contributed by atoms with E-state index in [1.165, 1.54) is 0 Å². The first-order chi connectivity index (χ1) is 6.38. The van der Waals surface area contributed by atoms with E-state index in [2.05, 4.69) is 0 Å². The zero-order chi connectivity index (χ0) is 10.9. The second-order valence-electron chi connectivity index (χ2n) is 5.10. The fourth-order valence-corrected chi connectivity index (χ4v) is 2.16. The van der Waals surface area contributed by atoms with Crippen molar-refractivity contribution in [3.8, 4) is 0 Å². The van der Waals surface area contributed by atoms with Crippen molar-refractivity contribution in [3.63, 3.8) is 0 Å². The van der Waals surface area contributed by atoms with Crippen LogP contribution >= 0.6 is 0 Å². The van der Waals surface area contributed by atoms with Crippen LogP contribution in [0.3, 0.4) is 0 Å². The van der Waals surface area contributed by atoms with E-state index in [-0.39, 0.29) is 30.1 Å². The Hall–Kier alpha value is -0.160. The van der Waals surface area contributed by atoms with Crippen molar-refractivity contribution in [2.24, 2.45) is 17.1 Å². The van der Waals surface area contributed by atoms with E-state index < -0.39 is 6.10 Å². The predicted molar refractivity (Wildman–Crippen MR) is 53.8 cm³/mol. The fourth-order valence-electron chi connectivity index (χ4n) is 2.16. The van der Waals surface area contributed by atoms with Gasteiger partial charge in [-0.1, -0.05) is 20.8 Å². The molecule has 0 saturated carbocycles. The van der Waals surface area contributed by atoms with Crippen molar-refractivity contribution >= 4 is 0 Å². The minimum Gasteiger partial charge on any atom is -0.394 e. The standard InChI is InChI=1S/C10H21NO3/c1-10(2,3)8-7(4-12)14-5-6(11)9(8)13/h6-9,12-13H,4-5,11H2,1-3H3.